The van der Waals surface area contributed by atoms with Crippen LogP contribution in [-0.4, -0.2) is 33.5 Å². The zero-order valence-corrected chi connectivity index (χ0v) is 19.9. The molecule has 0 aliphatic carbocycles. The number of aromatic nitrogens is 3. The lowest BCUT2D eigenvalue weighted by molar-refractivity contribution is -0.274. The van der Waals surface area contributed by atoms with Crippen LogP contribution in [0.15, 0.2) is 84.1 Å². The highest BCUT2D eigenvalue weighted by molar-refractivity contribution is 5.97. The van der Waals surface area contributed by atoms with E-state index in [0.717, 1.165) is 23.1 Å². The molecule has 0 fully saturated rings. The highest BCUT2D eigenvalue weighted by Gasteiger charge is 2.31. The Morgan fingerprint density at radius 3 is 2.42 bits per heavy atom. The Bertz CT molecular complexity index is 1330. The molecule has 186 valence electrons. The maximum Gasteiger partial charge on any atom is 0.573 e. The molecule has 0 amide bonds. The van der Waals surface area contributed by atoms with Crippen molar-refractivity contribution in [1.82, 2.24) is 14.8 Å². The van der Waals surface area contributed by atoms with Gasteiger partial charge in [-0.15, -0.1) is 18.3 Å². The van der Waals surface area contributed by atoms with Crippen LogP contribution in [0, 0.1) is 0 Å². The smallest absolute Gasteiger partial charge is 0.406 e. The van der Waals surface area contributed by atoms with Gasteiger partial charge in [-0.3, -0.25) is 4.99 Å². The molecule has 3 aromatic carbocycles. The van der Waals surface area contributed by atoms with Crippen molar-refractivity contribution in [3.8, 4) is 22.8 Å². The average molecular weight is 494 g/mol. The highest BCUT2D eigenvalue weighted by atomic mass is 19.4. The Labute approximate surface area is 207 Å². The lowest BCUT2D eigenvalue weighted by Crippen LogP contribution is -2.17. The van der Waals surface area contributed by atoms with Crippen LogP contribution in [0.4, 0.5) is 13.2 Å². The van der Waals surface area contributed by atoms with Crippen LogP contribution < -0.4 is 10.5 Å². The number of hydrogen-bond donors (Lipinski definition) is 1. The molecule has 0 spiro atoms. The van der Waals surface area contributed by atoms with E-state index in [1.807, 2.05) is 36.4 Å². The van der Waals surface area contributed by atoms with Crippen molar-refractivity contribution in [3.05, 3.63) is 95.8 Å². The van der Waals surface area contributed by atoms with Crippen molar-refractivity contribution in [3.63, 3.8) is 0 Å². The first-order chi connectivity index (χ1) is 17.2. The second-order valence-electron chi connectivity index (χ2n) is 8.55. The summed E-state index contributed by atoms with van der Waals surface area (Å²) in [4.78, 5) is 8.84. The third kappa shape index (κ3) is 6.50. The molecule has 0 saturated carbocycles. The number of aliphatic imine (C=N–C) groups is 1. The van der Waals surface area contributed by atoms with Gasteiger partial charge < -0.3 is 10.5 Å². The minimum atomic E-state index is -4.73. The molecule has 36 heavy (non-hydrogen) atoms. The summed E-state index contributed by atoms with van der Waals surface area (Å²) in [6.07, 6.45) is -2.49. The van der Waals surface area contributed by atoms with Gasteiger partial charge in [0.25, 0.3) is 0 Å². The van der Waals surface area contributed by atoms with Gasteiger partial charge >= 0.3 is 6.36 Å². The molecule has 1 heterocycles. The van der Waals surface area contributed by atoms with Gasteiger partial charge in [-0.2, -0.15) is 0 Å². The quantitative estimate of drug-likeness (QED) is 0.245. The number of halogens is 3. The van der Waals surface area contributed by atoms with Crippen molar-refractivity contribution >= 4 is 5.84 Å². The molecule has 0 bridgehead atoms. The number of alkyl halides is 3. The van der Waals surface area contributed by atoms with Gasteiger partial charge in [0.05, 0.1) is 5.69 Å². The van der Waals surface area contributed by atoms with E-state index in [0.29, 0.717) is 29.8 Å². The molecule has 4 aromatic rings. The van der Waals surface area contributed by atoms with Crippen LogP contribution in [0.1, 0.15) is 36.5 Å². The molecule has 0 aliphatic heterocycles. The molecule has 0 saturated heterocycles. The van der Waals surface area contributed by atoms with E-state index in [1.165, 1.54) is 40.8 Å². The zero-order valence-electron chi connectivity index (χ0n) is 19.9. The standard InChI is InChI=1S/C27H26F3N5O/c1-18(2)21-4-3-5-22(16-21)25(31)32-15-14-19-6-8-20(9-7-19)26-33-17-35(34-26)23-10-12-24(13-11-23)36-27(28,29)30/h3-13,16-18H,14-15H2,1-2H3,(H2,31,32). The van der Waals surface area contributed by atoms with E-state index in [9.17, 15) is 13.2 Å². The summed E-state index contributed by atoms with van der Waals surface area (Å²) in [7, 11) is 0. The highest BCUT2D eigenvalue weighted by Crippen LogP contribution is 2.24. The number of ether oxygens (including phenoxy) is 1. The summed E-state index contributed by atoms with van der Waals surface area (Å²) in [6, 6.07) is 21.4. The van der Waals surface area contributed by atoms with Crippen molar-refractivity contribution in [2.75, 3.05) is 6.54 Å². The molecule has 2 N–H and O–H groups in total. The molecule has 0 unspecified atom stereocenters. The Morgan fingerprint density at radius 2 is 1.75 bits per heavy atom. The Hall–Kier alpha value is -4.14. The van der Waals surface area contributed by atoms with Gasteiger partial charge in [-0.1, -0.05) is 56.3 Å². The zero-order chi connectivity index (χ0) is 25.7. The Balaban J connectivity index is 1.37. The van der Waals surface area contributed by atoms with E-state index >= 15 is 0 Å². The summed E-state index contributed by atoms with van der Waals surface area (Å²) >= 11 is 0. The molecule has 1 aromatic heterocycles. The van der Waals surface area contributed by atoms with Crippen LogP contribution in [0.3, 0.4) is 0 Å². The van der Waals surface area contributed by atoms with Crippen molar-refractivity contribution in [1.29, 1.82) is 0 Å². The molecular formula is C27H26F3N5O. The number of hydrogen-bond acceptors (Lipinski definition) is 4. The van der Waals surface area contributed by atoms with Gasteiger partial charge in [-0.05, 0) is 53.8 Å². The maximum atomic E-state index is 12.3. The average Bonchev–Trinajstić information content (AvgIpc) is 3.34. The van der Waals surface area contributed by atoms with Crippen molar-refractivity contribution < 1.29 is 17.9 Å². The first-order valence-electron chi connectivity index (χ1n) is 11.5. The second-order valence-corrected chi connectivity index (χ2v) is 8.55. The normalized spacial score (nSPS) is 12.2. The summed E-state index contributed by atoms with van der Waals surface area (Å²) in [5, 5.41) is 4.43. The molecule has 6 nitrogen and oxygen atoms in total. The summed E-state index contributed by atoms with van der Waals surface area (Å²) in [5.41, 5.74) is 10.8. The predicted octanol–water partition coefficient (Wildman–Crippen LogP) is 5.90. The molecule has 0 aliphatic rings. The maximum absolute atomic E-state index is 12.3. The Morgan fingerprint density at radius 1 is 1.03 bits per heavy atom. The third-order valence-corrected chi connectivity index (χ3v) is 5.57. The fourth-order valence-electron chi connectivity index (χ4n) is 3.59. The second kappa shape index (κ2) is 10.6. The fraction of sp³-hybridized carbons (Fsp3) is 0.222. The van der Waals surface area contributed by atoms with E-state index in [4.69, 9.17) is 5.73 Å². The van der Waals surface area contributed by atoms with Crippen LogP contribution in [0.25, 0.3) is 17.1 Å². The van der Waals surface area contributed by atoms with E-state index < -0.39 is 6.36 Å². The molecular weight excluding hydrogens is 467 g/mol. The molecule has 9 heteroatoms. The Kier molecular flexibility index (Phi) is 7.38. The van der Waals surface area contributed by atoms with Gasteiger partial charge in [0, 0.05) is 17.7 Å². The first-order valence-corrected chi connectivity index (χ1v) is 11.5. The summed E-state index contributed by atoms with van der Waals surface area (Å²) < 4.78 is 42.4. The summed E-state index contributed by atoms with van der Waals surface area (Å²) in [5.74, 6) is 1.17. The van der Waals surface area contributed by atoms with Crippen molar-refractivity contribution in [2.24, 2.45) is 10.7 Å². The first kappa shape index (κ1) is 25.0. The number of amidine groups is 1. The topological polar surface area (TPSA) is 78.3 Å². The third-order valence-electron chi connectivity index (χ3n) is 5.57. The predicted molar refractivity (Wildman–Crippen MR) is 133 cm³/mol. The van der Waals surface area contributed by atoms with Crippen LogP contribution in [0.5, 0.6) is 5.75 Å². The monoisotopic (exact) mass is 493 g/mol. The van der Waals surface area contributed by atoms with E-state index in [1.54, 1.807) is 0 Å². The van der Waals surface area contributed by atoms with E-state index in [-0.39, 0.29) is 5.75 Å². The number of rotatable bonds is 8. The minimum absolute atomic E-state index is 0.294. The van der Waals surface area contributed by atoms with Gasteiger partial charge in [-0.25, -0.2) is 9.67 Å². The number of nitrogens with zero attached hydrogens (tertiary/aromatic N) is 4. The van der Waals surface area contributed by atoms with Crippen LogP contribution >= 0.6 is 0 Å². The summed E-state index contributed by atoms with van der Waals surface area (Å²) in [6.45, 7) is 4.85. The van der Waals surface area contributed by atoms with Gasteiger partial charge in [0.15, 0.2) is 5.82 Å². The molecule has 0 radical (unpaired) electrons. The largest absolute Gasteiger partial charge is 0.573 e. The number of nitrogens with two attached hydrogens (primary N) is 1. The van der Waals surface area contributed by atoms with Crippen molar-refractivity contribution in [2.45, 2.75) is 32.5 Å². The fourth-order valence-corrected chi connectivity index (χ4v) is 3.59. The van der Waals surface area contributed by atoms with Gasteiger partial charge in [0.1, 0.15) is 17.9 Å². The minimum Gasteiger partial charge on any atom is -0.406 e. The van der Waals surface area contributed by atoms with E-state index in [2.05, 4.69) is 45.8 Å². The van der Waals surface area contributed by atoms with Crippen LogP contribution in [0.2, 0.25) is 0 Å². The lowest BCUT2D eigenvalue weighted by atomic mass is 10.0. The van der Waals surface area contributed by atoms with Crippen LogP contribution in [-0.2, 0) is 6.42 Å². The SMILES string of the molecule is CC(C)c1cccc(C(N)=NCCc2ccc(-c3ncn(-c4ccc(OC(F)(F)F)cc4)n3)cc2)c1. The molecule has 0 atom stereocenters. The van der Waals surface area contributed by atoms with Gasteiger partial charge in [0.2, 0.25) is 0 Å². The molecule has 4 rings (SSSR count). The lowest BCUT2D eigenvalue weighted by Gasteiger charge is -2.09. The number of benzene rings is 3.